The second-order valence-corrected chi connectivity index (χ2v) is 4.16. The average Bonchev–Trinajstić information content (AvgIpc) is 2.28. The lowest BCUT2D eigenvalue weighted by molar-refractivity contribution is -0.133. The number of carbonyl (C=O) groups excluding carboxylic acids is 1. The molecule has 18 heavy (non-hydrogen) atoms. The van der Waals surface area contributed by atoms with E-state index in [9.17, 15) is 14.4 Å². The first-order valence-corrected chi connectivity index (χ1v) is 5.93. The van der Waals surface area contributed by atoms with E-state index in [0.29, 0.717) is 6.54 Å². The molecule has 1 aromatic rings. The number of rotatable bonds is 6. The molecule has 0 aliphatic heterocycles. The number of thioether (sulfide) groups is 1. The third-order valence-electron chi connectivity index (χ3n) is 1.83. The number of hydrogen-bond donors (Lipinski definition) is 3. The Morgan fingerprint density at radius 1 is 1.56 bits per heavy atom. The molecule has 9 heteroatoms. The standard InChI is InChI=1S/C9H12N4O4S/c10-8(17)11-2-4-13-3-1-6(14)12-9(13)18-5-7(15)16/h1,3H,2,4-5H2,(H,15,16)(H3,10,11,17). The molecule has 4 N–H and O–H groups in total. The van der Waals surface area contributed by atoms with Crippen LogP contribution in [0.5, 0.6) is 0 Å². The molecular formula is C9H12N4O4S. The first kappa shape index (κ1) is 14.0. The number of carbonyl (C=O) groups is 2. The fraction of sp³-hybridized carbons (Fsp3) is 0.333. The van der Waals surface area contributed by atoms with Gasteiger partial charge >= 0.3 is 12.0 Å². The molecule has 0 spiro atoms. The summed E-state index contributed by atoms with van der Waals surface area (Å²) in [6.07, 6.45) is 1.49. The van der Waals surface area contributed by atoms with Crippen LogP contribution in [0.3, 0.4) is 0 Å². The predicted octanol–water partition coefficient (Wildman–Crippen LogP) is -0.912. The zero-order valence-corrected chi connectivity index (χ0v) is 10.1. The van der Waals surface area contributed by atoms with Crippen LogP contribution < -0.4 is 16.6 Å². The predicted molar refractivity (Wildman–Crippen MR) is 64.4 cm³/mol. The third kappa shape index (κ3) is 4.87. The Morgan fingerprint density at radius 3 is 2.89 bits per heavy atom. The summed E-state index contributed by atoms with van der Waals surface area (Å²) in [7, 11) is 0. The van der Waals surface area contributed by atoms with E-state index in [0.717, 1.165) is 11.8 Å². The summed E-state index contributed by atoms with van der Waals surface area (Å²) in [5.74, 6) is -1.19. The number of hydrogen-bond acceptors (Lipinski definition) is 5. The van der Waals surface area contributed by atoms with E-state index in [1.54, 1.807) is 4.57 Å². The molecule has 0 aliphatic rings. The zero-order valence-electron chi connectivity index (χ0n) is 9.33. The van der Waals surface area contributed by atoms with E-state index in [1.807, 2.05) is 0 Å². The minimum absolute atomic E-state index is 0.195. The van der Waals surface area contributed by atoms with Gasteiger partial charge in [0, 0.05) is 25.4 Å². The van der Waals surface area contributed by atoms with Crippen molar-refractivity contribution in [2.75, 3.05) is 12.3 Å². The van der Waals surface area contributed by atoms with Crippen LogP contribution in [0.15, 0.2) is 22.2 Å². The molecule has 0 saturated carbocycles. The lowest BCUT2D eigenvalue weighted by Gasteiger charge is -2.10. The Labute approximate surface area is 106 Å². The summed E-state index contributed by atoms with van der Waals surface area (Å²) in [5.41, 5.74) is 4.47. The molecule has 0 aliphatic carbocycles. The molecule has 0 saturated heterocycles. The van der Waals surface area contributed by atoms with Gasteiger partial charge in [0.15, 0.2) is 5.16 Å². The van der Waals surface area contributed by atoms with Crippen LogP contribution in [0, 0.1) is 0 Å². The van der Waals surface area contributed by atoms with Crippen LogP contribution in [0.4, 0.5) is 4.79 Å². The zero-order chi connectivity index (χ0) is 13.5. The van der Waals surface area contributed by atoms with Crippen molar-refractivity contribution in [3.05, 3.63) is 22.6 Å². The Hall–Kier alpha value is -2.03. The molecule has 0 atom stereocenters. The van der Waals surface area contributed by atoms with Crippen LogP contribution in [-0.2, 0) is 11.3 Å². The molecule has 0 unspecified atom stereocenters. The lowest BCUT2D eigenvalue weighted by Crippen LogP contribution is -2.32. The van der Waals surface area contributed by atoms with Gasteiger partial charge in [0.1, 0.15) is 0 Å². The molecule has 1 aromatic heterocycles. The molecule has 0 aromatic carbocycles. The first-order valence-electron chi connectivity index (χ1n) is 4.94. The molecule has 0 radical (unpaired) electrons. The van der Waals surface area contributed by atoms with Gasteiger partial charge in [0.05, 0.1) is 5.75 Å². The van der Waals surface area contributed by atoms with Crippen LogP contribution >= 0.6 is 11.8 Å². The van der Waals surface area contributed by atoms with E-state index in [4.69, 9.17) is 10.8 Å². The normalized spacial score (nSPS) is 10.0. The van der Waals surface area contributed by atoms with E-state index in [2.05, 4.69) is 10.3 Å². The van der Waals surface area contributed by atoms with Crippen molar-refractivity contribution in [2.24, 2.45) is 5.73 Å². The Balaban J connectivity index is 2.72. The van der Waals surface area contributed by atoms with E-state index in [-0.39, 0.29) is 17.5 Å². The summed E-state index contributed by atoms with van der Waals surface area (Å²) in [6, 6.07) is 0.610. The molecule has 2 amide bonds. The largest absolute Gasteiger partial charge is 0.481 e. The van der Waals surface area contributed by atoms with Gasteiger partial charge in [-0.1, -0.05) is 11.8 Å². The van der Waals surface area contributed by atoms with Crippen LogP contribution in [0.2, 0.25) is 0 Å². The number of primary amides is 1. The molecule has 1 heterocycles. The maximum Gasteiger partial charge on any atom is 0.313 e. The second-order valence-electron chi connectivity index (χ2n) is 3.22. The summed E-state index contributed by atoms with van der Waals surface area (Å²) < 4.78 is 1.57. The molecule has 0 bridgehead atoms. The van der Waals surface area contributed by atoms with Gasteiger partial charge in [-0.05, 0) is 0 Å². The van der Waals surface area contributed by atoms with Gasteiger partial charge in [-0.25, -0.2) is 4.79 Å². The topological polar surface area (TPSA) is 127 Å². The van der Waals surface area contributed by atoms with Crippen molar-refractivity contribution in [2.45, 2.75) is 11.7 Å². The van der Waals surface area contributed by atoms with Crippen molar-refractivity contribution in [3.8, 4) is 0 Å². The van der Waals surface area contributed by atoms with Gasteiger partial charge in [0.2, 0.25) is 0 Å². The van der Waals surface area contributed by atoms with Gasteiger partial charge in [0.25, 0.3) is 5.56 Å². The third-order valence-corrected chi connectivity index (χ3v) is 2.80. The number of carboxylic acids is 1. The number of nitrogens with one attached hydrogen (secondary N) is 1. The summed E-state index contributed by atoms with van der Waals surface area (Å²) in [6.45, 7) is 0.610. The molecule has 98 valence electrons. The lowest BCUT2D eigenvalue weighted by atomic mass is 10.5. The van der Waals surface area contributed by atoms with Crippen molar-refractivity contribution >= 4 is 23.8 Å². The fourth-order valence-corrected chi connectivity index (χ4v) is 1.85. The van der Waals surface area contributed by atoms with Crippen molar-refractivity contribution in [1.29, 1.82) is 0 Å². The number of amides is 2. The Bertz CT molecular complexity index is 502. The number of urea groups is 1. The summed E-state index contributed by atoms with van der Waals surface area (Å²) in [4.78, 5) is 35.8. The summed E-state index contributed by atoms with van der Waals surface area (Å²) in [5, 5.41) is 11.2. The fourth-order valence-electron chi connectivity index (χ4n) is 1.12. The Kier molecular flexibility index (Phi) is 5.18. The highest BCUT2D eigenvalue weighted by Gasteiger charge is 2.06. The SMILES string of the molecule is NC(=O)NCCn1ccc(=O)nc1SCC(=O)O. The van der Waals surface area contributed by atoms with E-state index in [1.165, 1.54) is 12.3 Å². The number of aliphatic carboxylic acids is 1. The smallest absolute Gasteiger partial charge is 0.313 e. The van der Waals surface area contributed by atoms with Crippen molar-refractivity contribution < 1.29 is 14.7 Å². The maximum atomic E-state index is 11.1. The first-order chi connectivity index (χ1) is 8.49. The van der Waals surface area contributed by atoms with E-state index < -0.39 is 17.6 Å². The van der Waals surface area contributed by atoms with E-state index >= 15 is 0 Å². The molecule has 0 fully saturated rings. The Morgan fingerprint density at radius 2 is 2.28 bits per heavy atom. The number of aromatic nitrogens is 2. The van der Waals surface area contributed by atoms with Gasteiger partial charge in [-0.15, -0.1) is 0 Å². The number of carboxylic acid groups (broad SMARTS) is 1. The average molecular weight is 272 g/mol. The van der Waals surface area contributed by atoms with Crippen molar-refractivity contribution in [1.82, 2.24) is 14.9 Å². The van der Waals surface area contributed by atoms with Crippen LogP contribution in [-0.4, -0.2) is 39.0 Å². The van der Waals surface area contributed by atoms with Gasteiger partial charge in [-0.2, -0.15) is 4.98 Å². The molecule has 8 nitrogen and oxygen atoms in total. The highest BCUT2D eigenvalue weighted by molar-refractivity contribution is 7.99. The quantitative estimate of drug-likeness (QED) is 0.454. The van der Waals surface area contributed by atoms with Crippen molar-refractivity contribution in [3.63, 3.8) is 0 Å². The highest BCUT2D eigenvalue weighted by Crippen LogP contribution is 2.12. The highest BCUT2D eigenvalue weighted by atomic mass is 32.2. The molecular weight excluding hydrogens is 260 g/mol. The van der Waals surface area contributed by atoms with Crippen LogP contribution in [0.25, 0.3) is 0 Å². The van der Waals surface area contributed by atoms with Gasteiger partial charge in [-0.3, -0.25) is 9.59 Å². The molecule has 1 rings (SSSR count). The minimum Gasteiger partial charge on any atom is -0.481 e. The second kappa shape index (κ2) is 6.64. The van der Waals surface area contributed by atoms with Crippen LogP contribution in [0.1, 0.15) is 0 Å². The number of nitrogens with two attached hydrogens (primary N) is 1. The minimum atomic E-state index is -1.00. The monoisotopic (exact) mass is 272 g/mol. The number of nitrogens with zero attached hydrogens (tertiary/aromatic N) is 2. The summed E-state index contributed by atoms with van der Waals surface area (Å²) >= 11 is 0.937. The van der Waals surface area contributed by atoms with Gasteiger partial charge < -0.3 is 20.7 Å². The maximum absolute atomic E-state index is 11.1.